The van der Waals surface area contributed by atoms with E-state index in [-0.39, 0.29) is 12.0 Å². The first-order valence-corrected chi connectivity index (χ1v) is 7.99. The Hall–Kier alpha value is -1.43. The third-order valence-corrected chi connectivity index (χ3v) is 3.79. The van der Waals surface area contributed by atoms with Gasteiger partial charge in [0.15, 0.2) is 0 Å². The third kappa shape index (κ3) is 5.09. The van der Waals surface area contributed by atoms with E-state index in [1.807, 2.05) is 24.3 Å². The largest absolute Gasteiger partial charge is 0.374 e. The molecule has 2 rings (SSSR count). The first-order valence-electron chi connectivity index (χ1n) is 7.99. The fourth-order valence-electron chi connectivity index (χ4n) is 2.69. The molecule has 1 saturated heterocycles. The van der Waals surface area contributed by atoms with Crippen LogP contribution in [0.4, 0.5) is 0 Å². The van der Waals surface area contributed by atoms with E-state index in [0.29, 0.717) is 24.6 Å². The Kier molecular flexibility index (Phi) is 6.36. The fourth-order valence-corrected chi connectivity index (χ4v) is 2.69. The summed E-state index contributed by atoms with van der Waals surface area (Å²) in [5.41, 5.74) is 7.24. The Bertz CT molecular complexity index is 473. The molecule has 5 nitrogen and oxygen atoms in total. The zero-order chi connectivity index (χ0) is 15.9. The molecule has 1 heterocycles. The number of hydrogen-bond donors (Lipinski definition) is 2. The molecule has 122 valence electrons. The molecule has 0 spiro atoms. The number of nitrogens with two attached hydrogens (primary N) is 1. The fraction of sp³-hybridized carbons (Fsp3) is 0.588. The summed E-state index contributed by atoms with van der Waals surface area (Å²) in [4.78, 5) is 14.5. The molecular weight excluding hydrogens is 278 g/mol. The molecule has 3 N–H and O–H groups in total. The second kappa shape index (κ2) is 8.27. The number of carbonyl (C=O) groups excluding carboxylic acids is 1. The number of amides is 1. The standard InChI is InChI=1S/C17H27N3O2/c1-13(2)11-20-7-8-22-16(12-20)10-19-17(21)15-5-3-14(9-18)4-6-15/h3-6,13,16H,7-12,18H2,1-2H3,(H,19,21). The molecule has 5 heteroatoms. The molecule has 0 aromatic heterocycles. The molecule has 1 atom stereocenters. The molecule has 1 aliphatic heterocycles. The molecule has 1 fully saturated rings. The van der Waals surface area contributed by atoms with Crippen LogP contribution >= 0.6 is 0 Å². The molecule has 1 amide bonds. The summed E-state index contributed by atoms with van der Waals surface area (Å²) in [6, 6.07) is 7.39. The lowest BCUT2D eigenvalue weighted by atomic mass is 10.1. The number of nitrogens with one attached hydrogen (secondary N) is 1. The molecule has 1 aromatic carbocycles. The van der Waals surface area contributed by atoms with Crippen LogP contribution < -0.4 is 11.1 Å². The average Bonchev–Trinajstić information content (AvgIpc) is 2.52. The average molecular weight is 305 g/mol. The van der Waals surface area contributed by atoms with Crippen molar-refractivity contribution in [2.75, 3.05) is 32.8 Å². The van der Waals surface area contributed by atoms with E-state index < -0.39 is 0 Å². The van der Waals surface area contributed by atoms with Gasteiger partial charge in [0.25, 0.3) is 5.91 Å². The first kappa shape index (κ1) is 16.9. The van der Waals surface area contributed by atoms with Crippen molar-refractivity contribution in [2.24, 2.45) is 11.7 Å². The molecular formula is C17H27N3O2. The van der Waals surface area contributed by atoms with Crippen molar-refractivity contribution in [3.63, 3.8) is 0 Å². The van der Waals surface area contributed by atoms with Gasteiger partial charge in [-0.05, 0) is 23.6 Å². The lowest BCUT2D eigenvalue weighted by Crippen LogP contribution is -2.48. The molecule has 0 radical (unpaired) electrons. The van der Waals surface area contributed by atoms with E-state index in [9.17, 15) is 4.79 Å². The Labute approximate surface area is 132 Å². The van der Waals surface area contributed by atoms with Gasteiger partial charge in [0.1, 0.15) is 0 Å². The van der Waals surface area contributed by atoms with Crippen LogP contribution in [-0.4, -0.2) is 49.7 Å². The molecule has 1 unspecified atom stereocenters. The van der Waals surface area contributed by atoms with E-state index in [4.69, 9.17) is 10.5 Å². The Morgan fingerprint density at radius 1 is 1.41 bits per heavy atom. The SMILES string of the molecule is CC(C)CN1CCOC(CNC(=O)c2ccc(CN)cc2)C1. The number of benzene rings is 1. The predicted octanol–water partition coefficient (Wildman–Crippen LogP) is 1.23. The van der Waals surface area contributed by atoms with E-state index >= 15 is 0 Å². The molecule has 0 aliphatic carbocycles. The Morgan fingerprint density at radius 3 is 2.77 bits per heavy atom. The van der Waals surface area contributed by atoms with Gasteiger partial charge >= 0.3 is 0 Å². The highest BCUT2D eigenvalue weighted by Gasteiger charge is 2.21. The second-order valence-electron chi connectivity index (χ2n) is 6.26. The minimum Gasteiger partial charge on any atom is -0.374 e. The van der Waals surface area contributed by atoms with Gasteiger partial charge in [0, 0.05) is 38.3 Å². The summed E-state index contributed by atoms with van der Waals surface area (Å²) < 4.78 is 5.74. The Morgan fingerprint density at radius 2 is 2.14 bits per heavy atom. The third-order valence-electron chi connectivity index (χ3n) is 3.79. The van der Waals surface area contributed by atoms with Gasteiger partial charge in [-0.1, -0.05) is 26.0 Å². The van der Waals surface area contributed by atoms with Crippen molar-refractivity contribution >= 4 is 5.91 Å². The zero-order valence-corrected chi connectivity index (χ0v) is 13.5. The summed E-state index contributed by atoms with van der Waals surface area (Å²) in [5, 5.41) is 2.96. The first-order chi connectivity index (χ1) is 10.6. The quantitative estimate of drug-likeness (QED) is 0.829. The van der Waals surface area contributed by atoms with Gasteiger partial charge in [-0.3, -0.25) is 9.69 Å². The lowest BCUT2D eigenvalue weighted by molar-refractivity contribution is -0.0295. The zero-order valence-electron chi connectivity index (χ0n) is 13.5. The maximum Gasteiger partial charge on any atom is 0.251 e. The van der Waals surface area contributed by atoms with Gasteiger partial charge in [-0.25, -0.2) is 0 Å². The van der Waals surface area contributed by atoms with Gasteiger partial charge < -0.3 is 15.8 Å². The van der Waals surface area contributed by atoms with Crippen LogP contribution in [0.2, 0.25) is 0 Å². The van der Waals surface area contributed by atoms with E-state index in [0.717, 1.165) is 31.8 Å². The highest BCUT2D eigenvalue weighted by molar-refractivity contribution is 5.94. The molecule has 0 bridgehead atoms. The van der Waals surface area contributed by atoms with Crippen LogP contribution in [0, 0.1) is 5.92 Å². The van der Waals surface area contributed by atoms with E-state index in [1.54, 1.807) is 0 Å². The van der Waals surface area contributed by atoms with Gasteiger partial charge in [0.2, 0.25) is 0 Å². The molecule has 1 aliphatic rings. The van der Waals surface area contributed by atoms with Crippen molar-refractivity contribution in [1.82, 2.24) is 10.2 Å². The normalized spacial score (nSPS) is 19.4. The maximum absolute atomic E-state index is 12.1. The van der Waals surface area contributed by atoms with E-state index in [2.05, 4.69) is 24.1 Å². The smallest absolute Gasteiger partial charge is 0.251 e. The summed E-state index contributed by atoms with van der Waals surface area (Å²) in [6.07, 6.45) is 0.0692. The number of nitrogens with zero attached hydrogens (tertiary/aromatic N) is 1. The number of carbonyl (C=O) groups is 1. The number of hydrogen-bond acceptors (Lipinski definition) is 4. The van der Waals surface area contributed by atoms with Gasteiger partial charge in [0.05, 0.1) is 12.7 Å². The molecule has 0 saturated carbocycles. The van der Waals surface area contributed by atoms with Crippen molar-refractivity contribution < 1.29 is 9.53 Å². The summed E-state index contributed by atoms with van der Waals surface area (Å²) in [7, 11) is 0. The van der Waals surface area contributed by atoms with E-state index in [1.165, 1.54) is 0 Å². The molecule has 22 heavy (non-hydrogen) atoms. The Balaban J connectivity index is 1.79. The van der Waals surface area contributed by atoms with Gasteiger partial charge in [-0.15, -0.1) is 0 Å². The summed E-state index contributed by atoms with van der Waals surface area (Å²) >= 11 is 0. The van der Waals surface area contributed by atoms with Crippen molar-refractivity contribution in [1.29, 1.82) is 0 Å². The second-order valence-corrected chi connectivity index (χ2v) is 6.26. The van der Waals surface area contributed by atoms with Gasteiger partial charge in [-0.2, -0.15) is 0 Å². The van der Waals surface area contributed by atoms with Crippen LogP contribution in [0.1, 0.15) is 29.8 Å². The number of morpholine rings is 1. The van der Waals surface area contributed by atoms with Crippen LogP contribution in [0.25, 0.3) is 0 Å². The van der Waals surface area contributed by atoms with Crippen LogP contribution in [-0.2, 0) is 11.3 Å². The predicted molar refractivity (Wildman–Crippen MR) is 87.7 cm³/mol. The van der Waals surface area contributed by atoms with Crippen LogP contribution in [0.5, 0.6) is 0 Å². The minimum absolute atomic E-state index is 0.0619. The van der Waals surface area contributed by atoms with Crippen LogP contribution in [0.15, 0.2) is 24.3 Å². The van der Waals surface area contributed by atoms with Crippen molar-refractivity contribution in [3.05, 3.63) is 35.4 Å². The monoisotopic (exact) mass is 305 g/mol. The maximum atomic E-state index is 12.1. The lowest BCUT2D eigenvalue weighted by Gasteiger charge is -2.33. The highest BCUT2D eigenvalue weighted by Crippen LogP contribution is 2.08. The highest BCUT2D eigenvalue weighted by atomic mass is 16.5. The molecule has 1 aromatic rings. The number of rotatable bonds is 6. The summed E-state index contributed by atoms with van der Waals surface area (Å²) in [6.45, 7) is 9.14. The topological polar surface area (TPSA) is 67.6 Å². The number of ether oxygens (including phenoxy) is 1. The van der Waals surface area contributed by atoms with Crippen molar-refractivity contribution in [2.45, 2.75) is 26.5 Å². The summed E-state index contributed by atoms with van der Waals surface area (Å²) in [5.74, 6) is 0.586. The van der Waals surface area contributed by atoms with Crippen molar-refractivity contribution in [3.8, 4) is 0 Å². The van der Waals surface area contributed by atoms with Crippen LogP contribution in [0.3, 0.4) is 0 Å². The minimum atomic E-state index is -0.0619.